The highest BCUT2D eigenvalue weighted by atomic mass is 32.1. The van der Waals surface area contributed by atoms with Gasteiger partial charge >= 0.3 is 0 Å². The zero-order valence-corrected chi connectivity index (χ0v) is 10.3. The van der Waals surface area contributed by atoms with Crippen molar-refractivity contribution in [3.8, 4) is 0 Å². The van der Waals surface area contributed by atoms with E-state index in [1.54, 1.807) is 12.3 Å². The van der Waals surface area contributed by atoms with Gasteiger partial charge in [0.05, 0.1) is 10.5 Å². The Hall–Kier alpha value is -1.43. The minimum absolute atomic E-state index is 0.197. The van der Waals surface area contributed by atoms with Gasteiger partial charge in [-0.15, -0.1) is 0 Å². The summed E-state index contributed by atoms with van der Waals surface area (Å²) in [6, 6.07) is 1.63. The van der Waals surface area contributed by atoms with Crippen LogP contribution in [0.5, 0.6) is 0 Å². The van der Waals surface area contributed by atoms with Gasteiger partial charge in [0.25, 0.3) is 5.91 Å². The van der Waals surface area contributed by atoms with Crippen molar-refractivity contribution in [2.75, 3.05) is 0 Å². The highest BCUT2D eigenvalue weighted by Gasteiger charge is 2.36. The topological polar surface area (TPSA) is 83.8 Å². The molecule has 1 aliphatic rings. The van der Waals surface area contributed by atoms with Crippen LogP contribution in [-0.4, -0.2) is 26.6 Å². The lowest BCUT2D eigenvalue weighted by molar-refractivity contribution is 0.0903. The average Bonchev–Trinajstić information content (AvgIpc) is 2.83. The van der Waals surface area contributed by atoms with Gasteiger partial charge in [-0.05, 0) is 18.9 Å². The van der Waals surface area contributed by atoms with E-state index in [1.165, 1.54) is 6.42 Å². The number of H-pyrrole nitrogens is 1. The molecular formula is C11H16N4OS. The molecule has 0 spiro atoms. The molecule has 0 atom stereocenters. The molecular weight excluding hydrogens is 236 g/mol. The second kappa shape index (κ2) is 4.83. The van der Waals surface area contributed by atoms with Crippen LogP contribution >= 0.6 is 12.2 Å². The van der Waals surface area contributed by atoms with Crippen molar-refractivity contribution in [2.45, 2.75) is 37.6 Å². The number of amides is 1. The summed E-state index contributed by atoms with van der Waals surface area (Å²) < 4.78 is 0. The lowest BCUT2D eigenvalue weighted by atomic mass is 9.81. The van der Waals surface area contributed by atoms with Gasteiger partial charge in [0.1, 0.15) is 5.69 Å². The van der Waals surface area contributed by atoms with Crippen molar-refractivity contribution in [3.63, 3.8) is 0 Å². The van der Waals surface area contributed by atoms with Crippen LogP contribution in [0.2, 0.25) is 0 Å². The fourth-order valence-corrected chi connectivity index (χ4v) is 2.51. The summed E-state index contributed by atoms with van der Waals surface area (Å²) in [5.41, 5.74) is 5.71. The Morgan fingerprint density at radius 2 is 2.18 bits per heavy atom. The Kier molecular flexibility index (Phi) is 3.42. The van der Waals surface area contributed by atoms with E-state index in [0.717, 1.165) is 25.7 Å². The van der Waals surface area contributed by atoms with E-state index in [-0.39, 0.29) is 5.91 Å². The Balaban J connectivity index is 2.13. The van der Waals surface area contributed by atoms with Crippen LogP contribution in [-0.2, 0) is 0 Å². The first-order valence-electron chi connectivity index (χ1n) is 5.76. The van der Waals surface area contributed by atoms with Gasteiger partial charge in [-0.2, -0.15) is 5.10 Å². The molecule has 4 N–H and O–H groups in total. The number of nitrogens with two attached hydrogens (primary N) is 1. The smallest absolute Gasteiger partial charge is 0.270 e. The van der Waals surface area contributed by atoms with Crippen molar-refractivity contribution in [1.82, 2.24) is 15.5 Å². The average molecular weight is 252 g/mol. The van der Waals surface area contributed by atoms with Gasteiger partial charge in [-0.3, -0.25) is 9.89 Å². The molecule has 0 radical (unpaired) electrons. The molecule has 0 unspecified atom stereocenters. The molecule has 17 heavy (non-hydrogen) atoms. The number of aromatic nitrogens is 2. The summed E-state index contributed by atoms with van der Waals surface area (Å²) in [5.74, 6) is -0.197. The second-order valence-corrected chi connectivity index (χ2v) is 4.87. The fraction of sp³-hybridized carbons (Fsp3) is 0.545. The number of nitrogens with one attached hydrogen (secondary N) is 2. The van der Waals surface area contributed by atoms with E-state index in [4.69, 9.17) is 18.0 Å². The molecule has 92 valence electrons. The van der Waals surface area contributed by atoms with Gasteiger partial charge < -0.3 is 11.1 Å². The summed E-state index contributed by atoms with van der Waals surface area (Å²) in [4.78, 5) is 12.4. The highest BCUT2D eigenvalue weighted by molar-refractivity contribution is 7.80. The van der Waals surface area contributed by atoms with E-state index >= 15 is 0 Å². The van der Waals surface area contributed by atoms with Crippen LogP contribution < -0.4 is 11.1 Å². The largest absolute Gasteiger partial charge is 0.391 e. The first-order chi connectivity index (χ1) is 8.14. The van der Waals surface area contributed by atoms with Crippen molar-refractivity contribution >= 4 is 23.1 Å². The van der Waals surface area contributed by atoms with Gasteiger partial charge in [0.15, 0.2) is 0 Å². The van der Waals surface area contributed by atoms with E-state index in [0.29, 0.717) is 10.7 Å². The molecule has 1 aromatic rings. The molecule has 1 heterocycles. The fourth-order valence-electron chi connectivity index (χ4n) is 2.26. The summed E-state index contributed by atoms with van der Waals surface area (Å²) >= 11 is 5.11. The van der Waals surface area contributed by atoms with Crippen LogP contribution in [0.25, 0.3) is 0 Å². The predicted molar refractivity (Wildman–Crippen MR) is 68.7 cm³/mol. The second-order valence-electron chi connectivity index (χ2n) is 4.43. The standard InChI is InChI=1S/C11H16N4OS/c12-10(17)11(5-2-1-3-6-11)14-9(16)8-4-7-13-15-8/h4,7H,1-3,5-6H2,(H2,12,17)(H,13,15)(H,14,16). The van der Waals surface area contributed by atoms with Crippen LogP contribution in [0.3, 0.4) is 0 Å². The van der Waals surface area contributed by atoms with E-state index < -0.39 is 5.54 Å². The molecule has 1 amide bonds. The van der Waals surface area contributed by atoms with Crippen molar-refractivity contribution in [1.29, 1.82) is 0 Å². The summed E-state index contributed by atoms with van der Waals surface area (Å²) in [6.45, 7) is 0. The first-order valence-corrected chi connectivity index (χ1v) is 6.17. The molecule has 1 aliphatic carbocycles. The zero-order chi connectivity index (χ0) is 12.3. The molecule has 0 aliphatic heterocycles. The number of hydrogen-bond donors (Lipinski definition) is 3. The molecule has 0 aromatic carbocycles. The van der Waals surface area contributed by atoms with Gasteiger partial charge in [0.2, 0.25) is 0 Å². The van der Waals surface area contributed by atoms with Gasteiger partial charge in [0, 0.05) is 6.20 Å². The Morgan fingerprint density at radius 1 is 1.47 bits per heavy atom. The normalized spacial score (nSPS) is 18.6. The number of hydrogen-bond acceptors (Lipinski definition) is 3. The molecule has 0 saturated heterocycles. The third-order valence-corrected chi connectivity index (χ3v) is 3.67. The first kappa shape index (κ1) is 12.0. The molecule has 1 fully saturated rings. The SMILES string of the molecule is NC(=S)C1(NC(=O)c2ccn[nH]2)CCCCC1. The Morgan fingerprint density at radius 3 is 2.71 bits per heavy atom. The minimum Gasteiger partial charge on any atom is -0.391 e. The number of aromatic amines is 1. The lowest BCUT2D eigenvalue weighted by Crippen LogP contribution is -2.57. The zero-order valence-electron chi connectivity index (χ0n) is 9.53. The van der Waals surface area contributed by atoms with Crippen molar-refractivity contribution < 1.29 is 4.79 Å². The van der Waals surface area contributed by atoms with Crippen LogP contribution in [0, 0.1) is 0 Å². The predicted octanol–water partition coefficient (Wildman–Crippen LogP) is 1.13. The lowest BCUT2D eigenvalue weighted by Gasteiger charge is -2.36. The number of nitrogens with zero attached hydrogens (tertiary/aromatic N) is 1. The van der Waals surface area contributed by atoms with Crippen molar-refractivity contribution in [2.24, 2.45) is 5.73 Å². The third-order valence-electron chi connectivity index (χ3n) is 3.28. The van der Waals surface area contributed by atoms with E-state index in [1.807, 2.05) is 0 Å². The van der Waals surface area contributed by atoms with Crippen LogP contribution in [0.4, 0.5) is 0 Å². The van der Waals surface area contributed by atoms with Crippen molar-refractivity contribution in [3.05, 3.63) is 18.0 Å². The number of carbonyl (C=O) groups excluding carboxylic acids is 1. The quantitative estimate of drug-likeness (QED) is 0.704. The summed E-state index contributed by atoms with van der Waals surface area (Å²) in [6.07, 6.45) is 6.44. The monoisotopic (exact) mass is 252 g/mol. The molecule has 6 heteroatoms. The summed E-state index contributed by atoms with van der Waals surface area (Å²) in [5, 5.41) is 9.35. The molecule has 0 bridgehead atoms. The molecule has 1 aromatic heterocycles. The maximum absolute atomic E-state index is 12.0. The molecule has 1 saturated carbocycles. The van der Waals surface area contributed by atoms with Gasteiger partial charge in [-0.1, -0.05) is 31.5 Å². The Labute approximate surface area is 105 Å². The Bertz CT molecular complexity index is 409. The molecule has 5 nitrogen and oxygen atoms in total. The number of carbonyl (C=O) groups is 1. The minimum atomic E-state index is -0.518. The maximum atomic E-state index is 12.0. The van der Waals surface area contributed by atoms with E-state index in [9.17, 15) is 4.79 Å². The van der Waals surface area contributed by atoms with E-state index in [2.05, 4.69) is 15.5 Å². The molecule has 2 rings (SSSR count). The third kappa shape index (κ3) is 2.46. The van der Waals surface area contributed by atoms with Crippen LogP contribution in [0.15, 0.2) is 12.3 Å². The summed E-state index contributed by atoms with van der Waals surface area (Å²) in [7, 11) is 0. The van der Waals surface area contributed by atoms with Gasteiger partial charge in [-0.25, -0.2) is 0 Å². The maximum Gasteiger partial charge on any atom is 0.270 e. The number of rotatable bonds is 3. The number of thiocarbonyl (C=S) groups is 1. The van der Waals surface area contributed by atoms with Crippen LogP contribution in [0.1, 0.15) is 42.6 Å². The highest BCUT2D eigenvalue weighted by Crippen LogP contribution is 2.28.